The molecule has 0 aliphatic heterocycles. The van der Waals surface area contributed by atoms with Gasteiger partial charge in [-0.3, -0.25) is 9.13 Å². The molecule has 6 heteroatoms. The summed E-state index contributed by atoms with van der Waals surface area (Å²) >= 11 is 0. The molecule has 0 bridgehead atoms. The third kappa shape index (κ3) is 6.26. The summed E-state index contributed by atoms with van der Waals surface area (Å²) in [5, 5.41) is 7.02. The lowest BCUT2D eigenvalue weighted by atomic mass is 9.68. The van der Waals surface area contributed by atoms with Gasteiger partial charge in [0.2, 0.25) is 11.9 Å². The molecule has 3 aliphatic rings. The van der Waals surface area contributed by atoms with Gasteiger partial charge in [0, 0.05) is 43.6 Å². The SMILES string of the molecule is C1=CC2=C(CC1)c1ccc(-c3nc(-n4c5ccccc5c5ccc(-c6ccccc6)cc54)nc(-n4c5ccccc5c5ccc(-c6ccccc6)cc54)n3)cc1C21c2ccccc2-c2ccc(-n3c4ccccc4c4ccccc43)cc21. The Morgan fingerprint density at radius 2 is 0.780 bits per heavy atom. The van der Waals surface area contributed by atoms with Crippen molar-refractivity contribution in [1.29, 1.82) is 0 Å². The van der Waals surface area contributed by atoms with E-state index in [0.29, 0.717) is 17.7 Å². The highest BCUT2D eigenvalue weighted by Gasteiger charge is 2.53. The van der Waals surface area contributed by atoms with E-state index in [4.69, 9.17) is 15.0 Å². The molecule has 3 aliphatic carbocycles. The summed E-state index contributed by atoms with van der Waals surface area (Å²) < 4.78 is 6.98. The number of hydrogen-bond acceptors (Lipinski definition) is 3. The molecule has 15 aromatic rings. The molecular weight excluding hydrogens is 997 g/mol. The van der Waals surface area contributed by atoms with Crippen molar-refractivity contribution in [2.75, 3.05) is 0 Å². The van der Waals surface area contributed by atoms with E-state index in [-0.39, 0.29) is 0 Å². The van der Waals surface area contributed by atoms with Crippen LogP contribution in [-0.2, 0) is 5.41 Å². The summed E-state index contributed by atoms with van der Waals surface area (Å²) in [6.45, 7) is 0. The molecule has 4 aromatic heterocycles. The molecule has 0 fully saturated rings. The lowest BCUT2D eigenvalue weighted by Gasteiger charge is -2.32. The van der Waals surface area contributed by atoms with E-state index in [1.807, 2.05) is 0 Å². The highest BCUT2D eigenvalue weighted by atomic mass is 15.3. The number of allylic oxidation sites excluding steroid dienone is 4. The quantitative estimate of drug-likeness (QED) is 0.167. The Morgan fingerprint density at radius 1 is 0.317 bits per heavy atom. The molecule has 0 N–H and O–H groups in total. The topological polar surface area (TPSA) is 53.5 Å². The van der Waals surface area contributed by atoms with E-state index in [9.17, 15) is 0 Å². The predicted octanol–water partition coefficient (Wildman–Crippen LogP) is 18.6. The highest BCUT2D eigenvalue weighted by Crippen LogP contribution is 2.64. The Bertz CT molecular complexity index is 5060. The van der Waals surface area contributed by atoms with Crippen LogP contribution in [0.25, 0.3) is 133 Å². The number of benzene rings is 11. The molecule has 1 atom stereocenters. The molecule has 1 spiro atoms. The van der Waals surface area contributed by atoms with Gasteiger partial charge in [-0.25, -0.2) is 0 Å². The molecule has 0 radical (unpaired) electrons. The van der Waals surface area contributed by atoms with Gasteiger partial charge in [-0.05, 0) is 134 Å². The zero-order valence-corrected chi connectivity index (χ0v) is 44.5. The third-order valence-corrected chi connectivity index (χ3v) is 18.0. The van der Waals surface area contributed by atoms with Crippen molar-refractivity contribution in [3.05, 3.63) is 295 Å². The number of hydrogen-bond donors (Lipinski definition) is 0. The standard InChI is InChI=1S/C76H48N6/c1-3-19-47(20-4-1)49-35-40-61-59-27-11-17-33-69(59)81(71(61)44-49)74-77-73(78-75(79-74)82-70-34-18-12-28-60(70)62-41-36-50(45-72(62)82)48-21-5-2-6-22-48)51-37-39-55-53-23-7-13-29-63(53)76(65(55)43-51)64-30-14-8-24-54(64)56-42-38-52(46-66(56)76)80-67-31-15-9-25-57(67)58-26-10-16-32-68(58)80/h1-6,8-22,24-46H,7,23H2. The van der Waals surface area contributed by atoms with Gasteiger partial charge in [0.15, 0.2) is 5.82 Å². The number of para-hydroxylation sites is 4. The van der Waals surface area contributed by atoms with Crippen molar-refractivity contribution >= 4 is 71.0 Å². The van der Waals surface area contributed by atoms with Crippen LogP contribution in [0, 0.1) is 0 Å². The minimum atomic E-state index is -0.613. The molecular formula is C76H48N6. The summed E-state index contributed by atoms with van der Waals surface area (Å²) in [5.41, 5.74) is 22.9. The summed E-state index contributed by atoms with van der Waals surface area (Å²) in [6, 6.07) is 93.1. The average molecular weight is 1050 g/mol. The van der Waals surface area contributed by atoms with Gasteiger partial charge < -0.3 is 4.57 Å². The Kier molecular flexibility index (Phi) is 9.46. The number of nitrogens with zero attached hydrogens (tertiary/aromatic N) is 6. The first-order valence-electron chi connectivity index (χ1n) is 28.4. The molecule has 4 heterocycles. The van der Waals surface area contributed by atoms with Crippen LogP contribution in [-0.4, -0.2) is 28.7 Å². The largest absolute Gasteiger partial charge is 0.309 e. The molecule has 0 saturated carbocycles. The van der Waals surface area contributed by atoms with Crippen LogP contribution < -0.4 is 0 Å². The van der Waals surface area contributed by atoms with Gasteiger partial charge in [-0.1, -0.05) is 212 Å². The Labute approximate surface area is 472 Å². The Balaban J connectivity index is 0.917. The van der Waals surface area contributed by atoms with Crippen molar-refractivity contribution < 1.29 is 0 Å². The predicted molar refractivity (Wildman–Crippen MR) is 336 cm³/mol. The highest BCUT2D eigenvalue weighted by molar-refractivity contribution is 6.12. The fourth-order valence-corrected chi connectivity index (χ4v) is 14.6. The van der Waals surface area contributed by atoms with Crippen LogP contribution >= 0.6 is 0 Å². The van der Waals surface area contributed by atoms with Crippen LogP contribution in [0.2, 0.25) is 0 Å². The second-order valence-corrected chi connectivity index (χ2v) is 22.1. The summed E-state index contributed by atoms with van der Waals surface area (Å²) in [5.74, 6) is 1.69. The molecule has 382 valence electrons. The van der Waals surface area contributed by atoms with Crippen LogP contribution in [0.3, 0.4) is 0 Å². The Hall–Kier alpha value is -10.7. The first-order valence-corrected chi connectivity index (χ1v) is 28.4. The summed E-state index contributed by atoms with van der Waals surface area (Å²) in [4.78, 5) is 17.1. The molecule has 0 saturated heterocycles. The minimum Gasteiger partial charge on any atom is -0.309 e. The van der Waals surface area contributed by atoms with Crippen molar-refractivity contribution in [1.82, 2.24) is 28.7 Å². The van der Waals surface area contributed by atoms with Crippen LogP contribution in [0.4, 0.5) is 0 Å². The monoisotopic (exact) mass is 1040 g/mol. The maximum absolute atomic E-state index is 5.71. The molecule has 0 amide bonds. The fraction of sp³-hybridized carbons (Fsp3) is 0.0395. The molecule has 18 rings (SSSR count). The zero-order chi connectivity index (χ0) is 53.6. The minimum absolute atomic E-state index is 0.546. The van der Waals surface area contributed by atoms with Gasteiger partial charge in [0.05, 0.1) is 38.5 Å². The fourth-order valence-electron chi connectivity index (χ4n) is 14.6. The van der Waals surface area contributed by atoms with Crippen molar-refractivity contribution in [3.63, 3.8) is 0 Å². The van der Waals surface area contributed by atoms with E-state index in [1.54, 1.807) is 0 Å². The summed E-state index contributed by atoms with van der Waals surface area (Å²) in [7, 11) is 0. The smallest absolute Gasteiger partial charge is 0.240 e. The van der Waals surface area contributed by atoms with Crippen LogP contribution in [0.1, 0.15) is 35.1 Å². The van der Waals surface area contributed by atoms with Crippen LogP contribution in [0.5, 0.6) is 0 Å². The maximum Gasteiger partial charge on any atom is 0.240 e. The maximum atomic E-state index is 5.71. The lowest BCUT2D eigenvalue weighted by Crippen LogP contribution is -2.27. The molecule has 82 heavy (non-hydrogen) atoms. The third-order valence-electron chi connectivity index (χ3n) is 18.0. The van der Waals surface area contributed by atoms with E-state index in [2.05, 4.69) is 281 Å². The normalized spacial score (nSPS) is 15.2. The lowest BCUT2D eigenvalue weighted by molar-refractivity contribution is 0.779. The van der Waals surface area contributed by atoms with E-state index >= 15 is 0 Å². The average Bonchev–Trinajstić information content (AvgIpc) is 1.63. The van der Waals surface area contributed by atoms with Gasteiger partial charge in [0.1, 0.15) is 0 Å². The van der Waals surface area contributed by atoms with Crippen molar-refractivity contribution in [2.45, 2.75) is 18.3 Å². The second-order valence-electron chi connectivity index (χ2n) is 22.1. The number of fused-ring (bicyclic) bond motifs is 18. The van der Waals surface area contributed by atoms with Gasteiger partial charge in [-0.2, -0.15) is 15.0 Å². The number of aromatic nitrogens is 6. The zero-order valence-electron chi connectivity index (χ0n) is 44.5. The molecule has 11 aromatic carbocycles. The van der Waals surface area contributed by atoms with Gasteiger partial charge >= 0.3 is 0 Å². The van der Waals surface area contributed by atoms with Crippen molar-refractivity contribution in [3.8, 4) is 62.4 Å². The summed E-state index contributed by atoms with van der Waals surface area (Å²) in [6.07, 6.45) is 6.77. The van der Waals surface area contributed by atoms with Gasteiger partial charge in [-0.15, -0.1) is 0 Å². The first-order chi connectivity index (χ1) is 40.7. The molecule has 6 nitrogen and oxygen atoms in total. The van der Waals surface area contributed by atoms with E-state index in [1.165, 1.54) is 66.3 Å². The number of rotatable bonds is 6. The Morgan fingerprint density at radius 3 is 1.37 bits per heavy atom. The van der Waals surface area contributed by atoms with E-state index < -0.39 is 5.41 Å². The van der Waals surface area contributed by atoms with E-state index in [0.717, 1.165) is 90.0 Å². The first kappa shape index (κ1) is 45.2. The second kappa shape index (κ2) is 17.2. The molecule has 1 unspecified atom stereocenters. The van der Waals surface area contributed by atoms with Crippen molar-refractivity contribution in [2.24, 2.45) is 0 Å². The van der Waals surface area contributed by atoms with Gasteiger partial charge in [0.25, 0.3) is 0 Å². The van der Waals surface area contributed by atoms with Crippen LogP contribution in [0.15, 0.2) is 273 Å².